The van der Waals surface area contributed by atoms with Crippen molar-refractivity contribution in [3.8, 4) is 0 Å². The second-order valence-electron chi connectivity index (χ2n) is 8.31. The van der Waals surface area contributed by atoms with Crippen molar-refractivity contribution in [2.45, 2.75) is 39.7 Å². The number of nitro groups is 1. The van der Waals surface area contributed by atoms with E-state index in [2.05, 4.69) is 4.98 Å². The Hall–Kier alpha value is -3.59. The standard InChI is InChI=1S/C25H30ClN5O4/c1-5-13-35-25(32)21-20(18-10-7-16(3)8-11-18)22(31(33)34)24(29(4)23(21)27)30(6-2)15-17-9-12-19(26)28-14-17/h7-12,14,20H,5-6,13,15,27H2,1-4H3. The molecule has 2 heterocycles. The van der Waals surface area contributed by atoms with Crippen molar-refractivity contribution < 1.29 is 14.5 Å². The molecule has 1 aliphatic heterocycles. The predicted octanol–water partition coefficient (Wildman–Crippen LogP) is 4.16. The smallest absolute Gasteiger partial charge is 0.338 e. The average molecular weight is 500 g/mol. The van der Waals surface area contributed by atoms with Gasteiger partial charge >= 0.3 is 5.97 Å². The summed E-state index contributed by atoms with van der Waals surface area (Å²) in [5.74, 6) is -1.24. The van der Waals surface area contributed by atoms with E-state index in [0.29, 0.717) is 36.0 Å². The summed E-state index contributed by atoms with van der Waals surface area (Å²) in [6.07, 6.45) is 2.25. The van der Waals surface area contributed by atoms with Gasteiger partial charge < -0.3 is 20.3 Å². The van der Waals surface area contributed by atoms with E-state index < -0.39 is 16.8 Å². The molecule has 0 aliphatic carbocycles. The van der Waals surface area contributed by atoms with E-state index in [1.54, 1.807) is 31.4 Å². The molecule has 186 valence electrons. The van der Waals surface area contributed by atoms with Gasteiger partial charge in [-0.1, -0.05) is 54.4 Å². The lowest BCUT2D eigenvalue weighted by Gasteiger charge is -2.38. The lowest BCUT2D eigenvalue weighted by Crippen LogP contribution is -2.43. The lowest BCUT2D eigenvalue weighted by atomic mass is 9.85. The summed E-state index contributed by atoms with van der Waals surface area (Å²) in [4.78, 5) is 32.8. The summed E-state index contributed by atoms with van der Waals surface area (Å²) in [5, 5.41) is 13.0. The van der Waals surface area contributed by atoms with Crippen molar-refractivity contribution in [3.63, 3.8) is 0 Å². The average Bonchev–Trinajstić information content (AvgIpc) is 2.84. The molecule has 0 radical (unpaired) electrons. The van der Waals surface area contributed by atoms with Gasteiger partial charge in [0.15, 0.2) is 5.82 Å². The van der Waals surface area contributed by atoms with Gasteiger partial charge in [-0.3, -0.25) is 10.1 Å². The molecule has 3 rings (SSSR count). The van der Waals surface area contributed by atoms with Crippen LogP contribution >= 0.6 is 11.6 Å². The fourth-order valence-electron chi connectivity index (χ4n) is 4.08. The van der Waals surface area contributed by atoms with Crippen LogP contribution in [0.2, 0.25) is 5.15 Å². The van der Waals surface area contributed by atoms with E-state index in [9.17, 15) is 14.9 Å². The quantitative estimate of drug-likeness (QED) is 0.236. The number of carbonyl (C=O) groups is 1. The Morgan fingerprint density at radius 1 is 1.26 bits per heavy atom. The number of halogens is 1. The van der Waals surface area contributed by atoms with Crippen LogP contribution < -0.4 is 5.73 Å². The molecule has 10 heteroatoms. The first-order valence-corrected chi connectivity index (χ1v) is 11.8. The topological polar surface area (TPSA) is 115 Å². The Bertz CT molecular complexity index is 1150. The number of pyridine rings is 1. The monoisotopic (exact) mass is 499 g/mol. The molecule has 2 N–H and O–H groups in total. The van der Waals surface area contributed by atoms with Gasteiger partial charge in [0.05, 0.1) is 17.1 Å². The van der Waals surface area contributed by atoms with Gasteiger partial charge in [0, 0.05) is 26.3 Å². The third-order valence-corrected chi connectivity index (χ3v) is 6.08. The van der Waals surface area contributed by atoms with Crippen molar-refractivity contribution >= 4 is 17.6 Å². The molecule has 35 heavy (non-hydrogen) atoms. The number of allylic oxidation sites excluding steroid dienone is 1. The number of benzene rings is 1. The second kappa shape index (κ2) is 11.2. The minimum atomic E-state index is -1.00. The Kier molecular flexibility index (Phi) is 8.34. The van der Waals surface area contributed by atoms with Crippen molar-refractivity contribution in [2.75, 3.05) is 20.2 Å². The summed E-state index contributed by atoms with van der Waals surface area (Å²) >= 11 is 5.92. The normalized spacial score (nSPS) is 15.9. The van der Waals surface area contributed by atoms with Gasteiger partial charge in [-0.15, -0.1) is 0 Å². The Morgan fingerprint density at radius 2 is 1.94 bits per heavy atom. The number of ether oxygens (including phenoxy) is 1. The van der Waals surface area contributed by atoms with E-state index >= 15 is 0 Å². The first kappa shape index (κ1) is 26.0. The number of aromatic nitrogens is 1. The fraction of sp³-hybridized carbons (Fsp3) is 0.360. The number of nitrogens with zero attached hydrogens (tertiary/aromatic N) is 4. The van der Waals surface area contributed by atoms with Crippen LogP contribution in [0.1, 0.15) is 42.9 Å². The van der Waals surface area contributed by atoms with Gasteiger partial charge in [-0.25, -0.2) is 9.78 Å². The van der Waals surface area contributed by atoms with Crippen molar-refractivity contribution in [3.05, 3.63) is 97.5 Å². The molecule has 1 aliphatic rings. The highest BCUT2D eigenvalue weighted by Crippen LogP contribution is 2.42. The number of carbonyl (C=O) groups excluding carboxylic acids is 1. The van der Waals surface area contributed by atoms with Crippen molar-refractivity contribution in [2.24, 2.45) is 5.73 Å². The van der Waals surface area contributed by atoms with Crippen LogP contribution in [0.4, 0.5) is 0 Å². The van der Waals surface area contributed by atoms with Crippen LogP contribution in [0.25, 0.3) is 0 Å². The summed E-state index contributed by atoms with van der Waals surface area (Å²) in [6.45, 7) is 6.67. The Morgan fingerprint density at radius 3 is 2.49 bits per heavy atom. The van der Waals surface area contributed by atoms with E-state index in [-0.39, 0.29) is 23.7 Å². The molecule has 1 unspecified atom stereocenters. The summed E-state index contributed by atoms with van der Waals surface area (Å²) < 4.78 is 5.40. The minimum absolute atomic E-state index is 0.0597. The number of hydrogen-bond acceptors (Lipinski definition) is 8. The molecule has 0 saturated heterocycles. The van der Waals surface area contributed by atoms with Crippen LogP contribution in [0, 0.1) is 17.0 Å². The molecule has 1 atom stereocenters. The number of nitrogens with two attached hydrogens (primary N) is 1. The molecule has 1 aromatic heterocycles. The van der Waals surface area contributed by atoms with E-state index in [1.165, 1.54) is 4.90 Å². The second-order valence-corrected chi connectivity index (χ2v) is 8.69. The highest BCUT2D eigenvalue weighted by atomic mass is 35.5. The van der Waals surface area contributed by atoms with E-state index in [4.69, 9.17) is 22.1 Å². The van der Waals surface area contributed by atoms with E-state index in [1.807, 2.05) is 43.9 Å². The number of esters is 1. The highest BCUT2D eigenvalue weighted by molar-refractivity contribution is 6.29. The third-order valence-electron chi connectivity index (χ3n) is 5.85. The molecule has 0 amide bonds. The zero-order valence-corrected chi connectivity index (χ0v) is 21.1. The fourth-order valence-corrected chi connectivity index (χ4v) is 4.19. The minimum Gasteiger partial charge on any atom is -0.462 e. The maximum absolute atomic E-state index is 13.1. The zero-order chi connectivity index (χ0) is 25.7. The zero-order valence-electron chi connectivity index (χ0n) is 20.3. The Labute approximate surface area is 210 Å². The molecule has 0 spiro atoms. The van der Waals surface area contributed by atoms with Crippen LogP contribution in [0.15, 0.2) is 65.5 Å². The highest BCUT2D eigenvalue weighted by Gasteiger charge is 2.46. The van der Waals surface area contributed by atoms with Gasteiger partial charge in [0.25, 0.3) is 5.70 Å². The molecule has 1 aromatic carbocycles. The molecule has 0 saturated carbocycles. The Balaban J connectivity index is 2.21. The van der Waals surface area contributed by atoms with Gasteiger partial charge in [-0.05, 0) is 37.5 Å². The van der Waals surface area contributed by atoms with Crippen LogP contribution in [-0.4, -0.2) is 45.9 Å². The van der Waals surface area contributed by atoms with Crippen LogP contribution in [0.3, 0.4) is 0 Å². The predicted molar refractivity (Wildman–Crippen MR) is 133 cm³/mol. The molecule has 9 nitrogen and oxygen atoms in total. The van der Waals surface area contributed by atoms with Crippen LogP contribution in [-0.2, 0) is 16.1 Å². The first-order chi connectivity index (χ1) is 16.7. The summed E-state index contributed by atoms with van der Waals surface area (Å²) in [5.41, 5.74) is 8.82. The summed E-state index contributed by atoms with van der Waals surface area (Å²) in [6, 6.07) is 10.8. The van der Waals surface area contributed by atoms with Gasteiger partial charge in [0.2, 0.25) is 0 Å². The molecular weight excluding hydrogens is 470 g/mol. The van der Waals surface area contributed by atoms with Gasteiger partial charge in [0.1, 0.15) is 16.9 Å². The molecule has 0 bridgehead atoms. The SMILES string of the molecule is CCCOC(=O)C1=C(N)N(C)C(N(CC)Cc2ccc(Cl)nc2)=C([N+](=O)[O-])C1c1ccc(C)cc1. The van der Waals surface area contributed by atoms with Crippen LogP contribution in [0.5, 0.6) is 0 Å². The first-order valence-electron chi connectivity index (χ1n) is 11.4. The third kappa shape index (κ3) is 5.57. The lowest BCUT2D eigenvalue weighted by molar-refractivity contribution is -0.433. The maximum atomic E-state index is 13.1. The number of aryl methyl sites for hydroxylation is 1. The van der Waals surface area contributed by atoms with Gasteiger partial charge in [-0.2, -0.15) is 0 Å². The molecule has 0 fully saturated rings. The molecular formula is C25H30ClN5O4. The van der Waals surface area contributed by atoms with Crippen molar-refractivity contribution in [1.82, 2.24) is 14.8 Å². The largest absolute Gasteiger partial charge is 0.462 e. The maximum Gasteiger partial charge on any atom is 0.338 e. The summed E-state index contributed by atoms with van der Waals surface area (Å²) in [7, 11) is 1.62. The molecule has 2 aromatic rings. The van der Waals surface area contributed by atoms with Crippen molar-refractivity contribution in [1.29, 1.82) is 0 Å². The number of hydrogen-bond donors (Lipinski definition) is 1. The number of rotatable bonds is 9. The van der Waals surface area contributed by atoms with E-state index in [0.717, 1.165) is 11.1 Å².